The molecule has 42 heavy (non-hydrogen) atoms. The van der Waals surface area contributed by atoms with Gasteiger partial charge in [0.25, 0.3) is 5.91 Å². The van der Waals surface area contributed by atoms with Gasteiger partial charge in [0.2, 0.25) is 5.82 Å². The molecule has 1 saturated heterocycles. The number of aromatic hydroxyl groups is 1. The van der Waals surface area contributed by atoms with Crippen LogP contribution in [0, 0.1) is 18.8 Å². The molecule has 11 heteroatoms. The van der Waals surface area contributed by atoms with Gasteiger partial charge < -0.3 is 30.4 Å². The highest BCUT2D eigenvalue weighted by atomic mass is 16.3. The number of carbonyl (C=O) groups is 1. The van der Waals surface area contributed by atoms with Crippen LogP contribution in [0.5, 0.6) is 5.75 Å². The first-order valence-corrected chi connectivity index (χ1v) is 13.5. The zero-order chi connectivity index (χ0) is 29.1. The number of aryl methyl sites for hydroxylation is 1. The van der Waals surface area contributed by atoms with Crippen LogP contribution in [0.3, 0.4) is 0 Å². The smallest absolute Gasteiger partial charge is 0.288 e. The Balaban J connectivity index is 1.07. The van der Waals surface area contributed by atoms with Crippen molar-refractivity contribution in [2.75, 3.05) is 48.3 Å². The molecule has 1 aliphatic rings. The Morgan fingerprint density at radius 3 is 2.62 bits per heavy atom. The number of nitrogen functional groups attached to an aromatic ring is 1. The first kappa shape index (κ1) is 26.6. The summed E-state index contributed by atoms with van der Waals surface area (Å²) in [6.45, 7) is 4.77. The Kier molecular flexibility index (Phi) is 7.26. The van der Waals surface area contributed by atoms with Crippen molar-refractivity contribution < 1.29 is 14.3 Å². The molecule has 3 aromatic heterocycles. The zero-order valence-electron chi connectivity index (χ0n) is 22.9. The van der Waals surface area contributed by atoms with Crippen LogP contribution < -0.4 is 20.9 Å². The van der Waals surface area contributed by atoms with Crippen molar-refractivity contribution in [1.29, 1.82) is 0 Å². The van der Waals surface area contributed by atoms with Crippen molar-refractivity contribution >= 4 is 34.2 Å². The fraction of sp³-hybridized carbons (Fsp3) is 0.194. The van der Waals surface area contributed by atoms with Crippen molar-refractivity contribution in [3.8, 4) is 28.8 Å². The number of phenolic OH excluding ortho intramolecular Hbond substituents is 1. The summed E-state index contributed by atoms with van der Waals surface area (Å²) >= 11 is 0. The molecule has 0 bridgehead atoms. The topological polar surface area (TPSA) is 147 Å². The van der Waals surface area contributed by atoms with Gasteiger partial charge in [-0.15, -0.1) is 10.2 Å². The molecular weight excluding hydrogens is 532 g/mol. The molecule has 0 unspecified atom stereocenters. The predicted molar refractivity (Wildman–Crippen MR) is 160 cm³/mol. The highest BCUT2D eigenvalue weighted by Gasteiger charge is 2.22. The van der Waals surface area contributed by atoms with E-state index in [1.165, 1.54) is 0 Å². The monoisotopic (exact) mass is 560 g/mol. The number of nitrogens with two attached hydrogens (primary N) is 1. The maximum absolute atomic E-state index is 12.6. The molecule has 6 rings (SSSR count). The van der Waals surface area contributed by atoms with E-state index in [1.54, 1.807) is 24.4 Å². The number of nitrogens with zero attached hydrogens (tertiary/aromatic N) is 6. The normalized spacial score (nSPS) is 13.1. The van der Waals surface area contributed by atoms with Gasteiger partial charge in [-0.3, -0.25) is 4.79 Å². The number of aromatic nitrogens is 4. The highest BCUT2D eigenvalue weighted by Crippen LogP contribution is 2.32. The first-order valence-electron chi connectivity index (χ1n) is 13.5. The maximum Gasteiger partial charge on any atom is 0.288 e. The van der Waals surface area contributed by atoms with E-state index in [2.05, 4.69) is 47.1 Å². The summed E-state index contributed by atoms with van der Waals surface area (Å²) in [5, 5.41) is 22.2. The molecule has 210 valence electrons. The van der Waals surface area contributed by atoms with E-state index >= 15 is 0 Å². The van der Waals surface area contributed by atoms with Crippen LogP contribution >= 0.6 is 0 Å². The summed E-state index contributed by atoms with van der Waals surface area (Å²) in [5.41, 5.74) is 9.59. The molecule has 1 fully saturated rings. The third-order valence-electron chi connectivity index (χ3n) is 7.15. The Bertz CT molecular complexity index is 1830. The molecule has 0 saturated carbocycles. The van der Waals surface area contributed by atoms with E-state index in [0.717, 1.165) is 22.5 Å². The Morgan fingerprint density at radius 2 is 1.81 bits per heavy atom. The summed E-state index contributed by atoms with van der Waals surface area (Å²) in [6, 6.07) is 18.3. The van der Waals surface area contributed by atoms with E-state index in [4.69, 9.17) is 10.2 Å². The van der Waals surface area contributed by atoms with Crippen LogP contribution in [0.4, 0.5) is 17.3 Å². The van der Waals surface area contributed by atoms with Crippen molar-refractivity contribution in [2.24, 2.45) is 0 Å². The minimum atomic E-state index is -0.316. The molecule has 0 aliphatic carbocycles. The fourth-order valence-corrected chi connectivity index (χ4v) is 4.95. The van der Waals surface area contributed by atoms with Crippen LogP contribution in [-0.2, 0) is 0 Å². The van der Waals surface area contributed by atoms with Crippen molar-refractivity contribution in [3.63, 3.8) is 0 Å². The van der Waals surface area contributed by atoms with E-state index in [0.29, 0.717) is 54.7 Å². The number of furan rings is 1. The lowest BCUT2D eigenvalue weighted by Gasteiger charge is -2.36. The lowest BCUT2D eigenvalue weighted by molar-refractivity contribution is 0.0932. The molecule has 1 aliphatic heterocycles. The molecule has 0 spiro atoms. The molecule has 0 radical (unpaired) electrons. The molecular formula is C31H28N8O3. The Labute approximate surface area is 242 Å². The SMILES string of the molecule is Cc1c(C(=O)NCC#Cc2nccc(N3CCN(c4cc(-c5ccccc5O)nnc4N)CC3)n2)oc2ccccc12. The summed E-state index contributed by atoms with van der Waals surface area (Å²) < 4.78 is 5.71. The number of piperazine rings is 1. The average Bonchev–Trinajstić information content (AvgIpc) is 3.36. The highest BCUT2D eigenvalue weighted by molar-refractivity contribution is 5.99. The van der Waals surface area contributed by atoms with Gasteiger partial charge in [-0.2, -0.15) is 0 Å². The Hall–Kier alpha value is -5.63. The standard InChI is InChI=1S/C31H28N8O3/c1-20-21-7-3-5-10-26(21)42-29(20)31(41)34-13-6-11-27-33-14-12-28(35-27)39-17-15-38(16-18-39)24-19-23(36-37-30(24)32)22-8-2-4-9-25(22)40/h2-5,7-10,12,14,19,40H,13,15-18H2,1H3,(H2,32,37)(H,34,41). The van der Waals surface area contributed by atoms with Gasteiger partial charge in [0.15, 0.2) is 11.6 Å². The molecule has 0 atom stereocenters. The molecule has 11 nitrogen and oxygen atoms in total. The second kappa shape index (κ2) is 11.5. The number of hydrogen-bond donors (Lipinski definition) is 3. The number of para-hydroxylation sites is 2. The summed E-state index contributed by atoms with van der Waals surface area (Å²) in [7, 11) is 0. The second-order valence-electron chi connectivity index (χ2n) is 9.77. The predicted octanol–water partition coefficient (Wildman–Crippen LogP) is 3.38. The summed E-state index contributed by atoms with van der Waals surface area (Å²) in [5.74, 6) is 7.45. The van der Waals surface area contributed by atoms with Gasteiger partial charge in [0.1, 0.15) is 17.2 Å². The second-order valence-corrected chi connectivity index (χ2v) is 9.77. The number of nitrogens with one attached hydrogen (secondary N) is 1. The molecule has 4 N–H and O–H groups in total. The third-order valence-corrected chi connectivity index (χ3v) is 7.15. The van der Waals surface area contributed by atoms with Crippen molar-refractivity contribution in [1.82, 2.24) is 25.5 Å². The maximum atomic E-state index is 12.6. The van der Waals surface area contributed by atoms with Crippen LogP contribution in [0.2, 0.25) is 0 Å². The minimum Gasteiger partial charge on any atom is -0.507 e. The van der Waals surface area contributed by atoms with Gasteiger partial charge in [-0.25, -0.2) is 9.97 Å². The van der Waals surface area contributed by atoms with Gasteiger partial charge in [0.05, 0.1) is 17.9 Å². The first-order chi connectivity index (χ1) is 20.5. The molecule has 1 amide bonds. The van der Waals surface area contributed by atoms with E-state index in [1.807, 2.05) is 49.4 Å². The third kappa shape index (κ3) is 5.38. The lowest BCUT2D eigenvalue weighted by atomic mass is 10.1. The van der Waals surface area contributed by atoms with E-state index in [-0.39, 0.29) is 24.0 Å². The van der Waals surface area contributed by atoms with Gasteiger partial charge in [-0.05, 0) is 43.2 Å². The quantitative estimate of drug-likeness (QED) is 0.273. The molecule has 2 aromatic carbocycles. The van der Waals surface area contributed by atoms with E-state index in [9.17, 15) is 9.90 Å². The number of anilines is 3. The number of carbonyl (C=O) groups excluding carboxylic acids is 1. The summed E-state index contributed by atoms with van der Waals surface area (Å²) in [4.78, 5) is 25.8. The van der Waals surface area contributed by atoms with Crippen molar-refractivity contribution in [2.45, 2.75) is 6.92 Å². The number of phenols is 1. The van der Waals surface area contributed by atoms with Gasteiger partial charge in [-0.1, -0.05) is 36.3 Å². The van der Waals surface area contributed by atoms with Gasteiger partial charge in [0, 0.05) is 48.9 Å². The van der Waals surface area contributed by atoms with Crippen LogP contribution in [-0.4, -0.2) is 63.9 Å². The largest absolute Gasteiger partial charge is 0.507 e. The number of benzene rings is 2. The summed E-state index contributed by atoms with van der Waals surface area (Å²) in [6.07, 6.45) is 1.68. The fourth-order valence-electron chi connectivity index (χ4n) is 4.95. The Morgan fingerprint density at radius 1 is 1.05 bits per heavy atom. The molecule has 5 aromatic rings. The number of amides is 1. The number of hydrogen-bond acceptors (Lipinski definition) is 10. The van der Waals surface area contributed by atoms with E-state index < -0.39 is 0 Å². The zero-order valence-corrected chi connectivity index (χ0v) is 22.9. The van der Waals surface area contributed by atoms with Gasteiger partial charge >= 0.3 is 0 Å². The minimum absolute atomic E-state index is 0.131. The average molecular weight is 561 g/mol. The van der Waals surface area contributed by atoms with Crippen molar-refractivity contribution in [3.05, 3.63) is 84.0 Å². The lowest BCUT2D eigenvalue weighted by Crippen LogP contribution is -2.47. The molecule has 4 heterocycles. The number of rotatable bonds is 5. The van der Waals surface area contributed by atoms with Crippen LogP contribution in [0.25, 0.3) is 22.2 Å². The van der Waals surface area contributed by atoms with Crippen LogP contribution in [0.15, 0.2) is 71.3 Å². The van der Waals surface area contributed by atoms with Crippen LogP contribution in [0.1, 0.15) is 21.9 Å². The number of fused-ring (bicyclic) bond motifs is 1.